The van der Waals surface area contributed by atoms with Crippen LogP contribution in [-0.4, -0.2) is 9.55 Å². The molecule has 29 heavy (non-hydrogen) atoms. The second-order valence-electron chi connectivity index (χ2n) is 7.39. The molecule has 2 heterocycles. The van der Waals surface area contributed by atoms with E-state index in [1.54, 1.807) is 22.0 Å². The number of halogens is 2. The van der Waals surface area contributed by atoms with Crippen LogP contribution >= 0.6 is 22.9 Å². The van der Waals surface area contributed by atoms with Crippen LogP contribution < -0.4 is 5.56 Å². The number of hydrogen-bond acceptors (Lipinski definition) is 3. The molecule has 2 aromatic heterocycles. The van der Waals surface area contributed by atoms with Crippen molar-refractivity contribution in [2.24, 2.45) is 0 Å². The lowest BCUT2D eigenvalue weighted by Crippen LogP contribution is -2.26. The van der Waals surface area contributed by atoms with E-state index < -0.39 is 0 Å². The molecule has 0 radical (unpaired) electrons. The molecule has 0 saturated heterocycles. The molecule has 2 aromatic carbocycles. The summed E-state index contributed by atoms with van der Waals surface area (Å²) < 4.78 is 15.4. The summed E-state index contributed by atoms with van der Waals surface area (Å²) >= 11 is 7.65. The fraction of sp³-hybridized carbons (Fsp3) is 0.217. The Balaban J connectivity index is 1.67. The third-order valence-electron chi connectivity index (χ3n) is 5.41. The van der Waals surface area contributed by atoms with Crippen LogP contribution in [0, 0.1) is 5.82 Å². The molecular weight excluding hydrogens is 407 g/mol. The molecule has 0 amide bonds. The maximum atomic E-state index is 13.7. The Bertz CT molecular complexity index is 1280. The van der Waals surface area contributed by atoms with E-state index in [1.807, 2.05) is 30.3 Å². The van der Waals surface area contributed by atoms with Crippen LogP contribution in [0.4, 0.5) is 4.39 Å². The lowest BCUT2D eigenvalue weighted by molar-refractivity contribution is 0.620. The highest BCUT2D eigenvalue weighted by Gasteiger charge is 2.23. The second kappa shape index (κ2) is 7.39. The summed E-state index contributed by atoms with van der Waals surface area (Å²) in [5, 5.41) is 1.42. The Kier molecular flexibility index (Phi) is 4.72. The van der Waals surface area contributed by atoms with E-state index in [9.17, 15) is 9.18 Å². The van der Waals surface area contributed by atoms with Crippen LogP contribution in [0.5, 0.6) is 0 Å². The third-order valence-corrected chi connectivity index (χ3v) is 6.85. The van der Waals surface area contributed by atoms with Crippen LogP contribution in [0.2, 0.25) is 5.02 Å². The van der Waals surface area contributed by atoms with E-state index in [0.29, 0.717) is 23.8 Å². The molecule has 3 nitrogen and oxygen atoms in total. The summed E-state index contributed by atoms with van der Waals surface area (Å²) in [5.41, 5.74) is 2.91. The number of aryl methyl sites for hydroxylation is 2. The van der Waals surface area contributed by atoms with Crippen molar-refractivity contribution < 1.29 is 4.39 Å². The molecule has 0 aliphatic heterocycles. The first-order valence-electron chi connectivity index (χ1n) is 9.61. The molecule has 0 fully saturated rings. The average molecular weight is 425 g/mol. The lowest BCUT2D eigenvalue weighted by Gasteiger charge is -2.13. The summed E-state index contributed by atoms with van der Waals surface area (Å²) in [6.45, 7) is 0.299. The van der Waals surface area contributed by atoms with Gasteiger partial charge in [-0.3, -0.25) is 9.36 Å². The number of aromatic nitrogens is 2. The zero-order valence-corrected chi connectivity index (χ0v) is 17.2. The maximum absolute atomic E-state index is 13.7. The normalized spacial score (nSPS) is 13.2. The first kappa shape index (κ1) is 18.5. The van der Waals surface area contributed by atoms with Crippen molar-refractivity contribution in [3.8, 4) is 0 Å². The number of benzene rings is 2. The number of thiophene rings is 1. The van der Waals surface area contributed by atoms with Gasteiger partial charge >= 0.3 is 0 Å². The molecule has 6 heteroatoms. The molecule has 4 aromatic rings. The summed E-state index contributed by atoms with van der Waals surface area (Å²) in [7, 11) is 0. The van der Waals surface area contributed by atoms with E-state index in [2.05, 4.69) is 0 Å². The lowest BCUT2D eigenvalue weighted by atomic mass is 10.1. The largest absolute Gasteiger partial charge is 0.291 e. The molecule has 0 bridgehead atoms. The Morgan fingerprint density at radius 1 is 1.10 bits per heavy atom. The van der Waals surface area contributed by atoms with Gasteiger partial charge in [0.1, 0.15) is 16.5 Å². The van der Waals surface area contributed by atoms with Gasteiger partial charge < -0.3 is 0 Å². The molecule has 146 valence electrons. The van der Waals surface area contributed by atoms with Gasteiger partial charge in [0.25, 0.3) is 5.56 Å². The van der Waals surface area contributed by atoms with Crippen molar-refractivity contribution in [1.82, 2.24) is 9.55 Å². The molecule has 0 spiro atoms. The molecular formula is C23H18ClFN2OS. The number of rotatable bonds is 4. The highest BCUT2D eigenvalue weighted by molar-refractivity contribution is 7.18. The van der Waals surface area contributed by atoms with Gasteiger partial charge in [-0.2, -0.15) is 0 Å². The van der Waals surface area contributed by atoms with Crippen molar-refractivity contribution in [2.45, 2.75) is 32.2 Å². The van der Waals surface area contributed by atoms with Gasteiger partial charge in [-0.1, -0.05) is 35.9 Å². The minimum absolute atomic E-state index is 0.0253. The predicted octanol–water partition coefficient (Wildman–Crippen LogP) is 5.38. The van der Waals surface area contributed by atoms with Crippen LogP contribution in [-0.2, 0) is 25.8 Å². The predicted molar refractivity (Wildman–Crippen MR) is 116 cm³/mol. The van der Waals surface area contributed by atoms with E-state index in [4.69, 9.17) is 16.6 Å². The number of nitrogens with zero attached hydrogens (tertiary/aromatic N) is 2. The zero-order chi connectivity index (χ0) is 20.0. The Morgan fingerprint density at radius 2 is 1.93 bits per heavy atom. The van der Waals surface area contributed by atoms with Crippen molar-refractivity contribution >= 4 is 33.2 Å². The van der Waals surface area contributed by atoms with Gasteiger partial charge in [0, 0.05) is 16.3 Å². The molecule has 0 N–H and O–H groups in total. The molecule has 1 aliphatic carbocycles. The SMILES string of the molecule is O=c1c2c3c(sc2nc(Cc2ccc(Cl)cc2)n1Cc1cccc(F)c1)CCC3. The van der Waals surface area contributed by atoms with Crippen LogP contribution in [0.3, 0.4) is 0 Å². The molecule has 1 aliphatic rings. The van der Waals surface area contributed by atoms with Crippen LogP contribution in [0.1, 0.15) is 33.8 Å². The van der Waals surface area contributed by atoms with Crippen molar-refractivity contribution in [1.29, 1.82) is 0 Å². The van der Waals surface area contributed by atoms with E-state index in [0.717, 1.165) is 46.2 Å². The first-order valence-corrected chi connectivity index (χ1v) is 10.8. The first-order chi connectivity index (χ1) is 14.1. The quantitative estimate of drug-likeness (QED) is 0.441. The molecule has 5 rings (SSSR count). The van der Waals surface area contributed by atoms with Crippen LogP contribution in [0.25, 0.3) is 10.2 Å². The minimum Gasteiger partial charge on any atom is -0.291 e. The summed E-state index contributed by atoms with van der Waals surface area (Å²) in [4.78, 5) is 20.5. The van der Waals surface area contributed by atoms with E-state index >= 15 is 0 Å². The topological polar surface area (TPSA) is 34.9 Å². The van der Waals surface area contributed by atoms with Crippen LogP contribution in [0.15, 0.2) is 53.3 Å². The monoisotopic (exact) mass is 424 g/mol. The van der Waals surface area contributed by atoms with Gasteiger partial charge in [-0.05, 0) is 60.2 Å². The van der Waals surface area contributed by atoms with Gasteiger partial charge in [-0.15, -0.1) is 11.3 Å². The average Bonchev–Trinajstić information content (AvgIpc) is 3.27. The third kappa shape index (κ3) is 3.49. The van der Waals surface area contributed by atoms with Crippen molar-refractivity contribution in [3.63, 3.8) is 0 Å². The second-order valence-corrected chi connectivity index (χ2v) is 8.91. The van der Waals surface area contributed by atoms with Gasteiger partial charge in [-0.25, -0.2) is 9.37 Å². The Morgan fingerprint density at radius 3 is 2.72 bits per heavy atom. The Labute approximate surface area is 176 Å². The molecule has 0 unspecified atom stereocenters. The van der Waals surface area contributed by atoms with Gasteiger partial charge in [0.15, 0.2) is 0 Å². The summed E-state index contributed by atoms with van der Waals surface area (Å²) in [6, 6.07) is 14.0. The zero-order valence-electron chi connectivity index (χ0n) is 15.6. The number of fused-ring (bicyclic) bond motifs is 3. The fourth-order valence-corrected chi connectivity index (χ4v) is 5.42. The van der Waals surface area contributed by atoms with Crippen molar-refractivity contribution in [3.05, 3.63) is 97.1 Å². The summed E-state index contributed by atoms with van der Waals surface area (Å²) in [5.74, 6) is 0.384. The number of hydrogen-bond donors (Lipinski definition) is 0. The highest BCUT2D eigenvalue weighted by Crippen LogP contribution is 2.35. The Hall–Kier alpha value is -2.50. The summed E-state index contributed by atoms with van der Waals surface area (Å²) in [6.07, 6.45) is 3.56. The maximum Gasteiger partial charge on any atom is 0.262 e. The van der Waals surface area contributed by atoms with Crippen molar-refractivity contribution in [2.75, 3.05) is 0 Å². The smallest absolute Gasteiger partial charge is 0.262 e. The minimum atomic E-state index is -0.305. The molecule has 0 saturated carbocycles. The van der Waals surface area contributed by atoms with E-state index in [-0.39, 0.29) is 11.4 Å². The highest BCUT2D eigenvalue weighted by atomic mass is 35.5. The van der Waals surface area contributed by atoms with Gasteiger partial charge in [0.2, 0.25) is 0 Å². The van der Waals surface area contributed by atoms with E-state index in [1.165, 1.54) is 17.0 Å². The van der Waals surface area contributed by atoms with Gasteiger partial charge in [0.05, 0.1) is 11.9 Å². The fourth-order valence-electron chi connectivity index (χ4n) is 4.02. The standard InChI is InChI=1S/C23H18ClFN2OS/c24-16-9-7-14(8-10-16)12-20-26-22-21(18-5-2-6-19(18)29-22)23(28)27(20)13-15-3-1-4-17(25)11-15/h1,3-4,7-11H,2,5-6,12-13H2. The molecule has 0 atom stereocenters.